The van der Waals surface area contributed by atoms with Crippen LogP contribution in [0.5, 0.6) is 0 Å². The lowest BCUT2D eigenvalue weighted by atomic mass is 9.94. The highest BCUT2D eigenvalue weighted by molar-refractivity contribution is 6.42. The second kappa shape index (κ2) is 6.17. The number of benzene rings is 1. The quantitative estimate of drug-likeness (QED) is 0.902. The maximum Gasteiger partial charge on any atom is 0.106 e. The highest BCUT2D eigenvalue weighted by Gasteiger charge is 2.15. The van der Waals surface area contributed by atoms with Crippen LogP contribution in [-0.4, -0.2) is 23.1 Å². The summed E-state index contributed by atoms with van der Waals surface area (Å²) in [6, 6.07) is 5.63. The smallest absolute Gasteiger partial charge is 0.106 e. The van der Waals surface area contributed by atoms with E-state index in [-0.39, 0.29) is 0 Å². The third-order valence-electron chi connectivity index (χ3n) is 3.80. The first-order valence-electron chi connectivity index (χ1n) is 6.92. The molecule has 2 aromatic rings. The minimum atomic E-state index is 0.568. The Morgan fingerprint density at radius 1 is 1.15 bits per heavy atom. The Morgan fingerprint density at radius 3 is 2.70 bits per heavy atom. The number of H-pyrrole nitrogens is 1. The number of aromatic nitrogens is 2. The lowest BCUT2D eigenvalue weighted by molar-refractivity contribution is 0.368. The largest absolute Gasteiger partial charge is 0.342 e. The van der Waals surface area contributed by atoms with Crippen molar-refractivity contribution in [3.63, 3.8) is 0 Å². The summed E-state index contributed by atoms with van der Waals surface area (Å²) in [5, 5.41) is 4.53. The van der Waals surface area contributed by atoms with Gasteiger partial charge >= 0.3 is 0 Å². The van der Waals surface area contributed by atoms with E-state index in [0.29, 0.717) is 10.0 Å². The second-order valence-electron chi connectivity index (χ2n) is 5.27. The maximum absolute atomic E-state index is 6.05. The molecular weight excluding hydrogens is 293 g/mol. The molecule has 2 heterocycles. The Hall–Kier alpha value is -1.03. The van der Waals surface area contributed by atoms with Gasteiger partial charge in [0.15, 0.2) is 0 Å². The zero-order valence-electron chi connectivity index (χ0n) is 11.1. The summed E-state index contributed by atoms with van der Waals surface area (Å²) in [4.78, 5) is 7.88. The maximum atomic E-state index is 6.05. The number of piperidine rings is 1. The van der Waals surface area contributed by atoms with Gasteiger partial charge in [-0.3, -0.25) is 0 Å². The molecule has 1 aliphatic heterocycles. The van der Waals surface area contributed by atoms with E-state index in [4.69, 9.17) is 23.2 Å². The summed E-state index contributed by atoms with van der Waals surface area (Å²) in [6.45, 7) is 2.23. The van der Waals surface area contributed by atoms with Gasteiger partial charge in [0.25, 0.3) is 0 Å². The summed E-state index contributed by atoms with van der Waals surface area (Å²) >= 11 is 12.0. The zero-order chi connectivity index (χ0) is 13.9. The normalized spacial score (nSPS) is 16.5. The van der Waals surface area contributed by atoms with E-state index in [1.165, 1.54) is 12.8 Å². The predicted molar refractivity (Wildman–Crippen MR) is 83.3 cm³/mol. The van der Waals surface area contributed by atoms with Crippen LogP contribution in [0, 0.1) is 5.92 Å². The third-order valence-corrected chi connectivity index (χ3v) is 4.54. The molecule has 2 N–H and O–H groups in total. The monoisotopic (exact) mass is 309 g/mol. The number of nitrogens with zero attached hydrogens (tertiary/aromatic N) is 1. The van der Waals surface area contributed by atoms with E-state index < -0.39 is 0 Å². The van der Waals surface area contributed by atoms with Crippen LogP contribution in [0.15, 0.2) is 24.4 Å². The zero-order valence-corrected chi connectivity index (χ0v) is 12.6. The van der Waals surface area contributed by atoms with Gasteiger partial charge in [-0.2, -0.15) is 0 Å². The Balaban J connectivity index is 1.73. The first-order chi connectivity index (χ1) is 9.72. The standard InChI is InChI=1S/C15H17Cl2N3/c16-12-2-1-11(8-13(12)17)14-9-19-15(20-14)7-10-3-5-18-6-4-10/h1-2,8-10,18H,3-7H2,(H,19,20). The van der Waals surface area contributed by atoms with Crippen molar-refractivity contribution in [2.45, 2.75) is 19.3 Å². The van der Waals surface area contributed by atoms with Crippen LogP contribution in [0.4, 0.5) is 0 Å². The van der Waals surface area contributed by atoms with E-state index in [1.807, 2.05) is 24.4 Å². The molecule has 0 atom stereocenters. The minimum Gasteiger partial charge on any atom is -0.342 e. The molecule has 0 radical (unpaired) electrons. The highest BCUT2D eigenvalue weighted by Crippen LogP contribution is 2.28. The number of hydrogen-bond donors (Lipinski definition) is 2. The van der Waals surface area contributed by atoms with E-state index in [2.05, 4.69) is 15.3 Å². The molecule has 1 aromatic heterocycles. The number of nitrogens with one attached hydrogen (secondary N) is 2. The SMILES string of the molecule is Clc1ccc(-c2cnc(CC3CCNCC3)[nH]2)cc1Cl. The molecule has 0 amide bonds. The summed E-state index contributed by atoms with van der Waals surface area (Å²) in [6.07, 6.45) is 5.34. The number of aromatic amines is 1. The Bertz CT molecular complexity index is 589. The van der Waals surface area contributed by atoms with E-state index in [1.54, 1.807) is 0 Å². The fourth-order valence-electron chi connectivity index (χ4n) is 2.64. The van der Waals surface area contributed by atoms with Crippen molar-refractivity contribution in [1.82, 2.24) is 15.3 Å². The van der Waals surface area contributed by atoms with Crippen LogP contribution in [0.2, 0.25) is 10.0 Å². The number of imidazole rings is 1. The molecular formula is C15H17Cl2N3. The molecule has 1 saturated heterocycles. The molecule has 0 aliphatic carbocycles. The molecule has 0 spiro atoms. The Kier molecular flexibility index (Phi) is 4.29. The molecule has 1 aliphatic rings. The first kappa shape index (κ1) is 13.9. The van der Waals surface area contributed by atoms with Crippen LogP contribution in [-0.2, 0) is 6.42 Å². The summed E-state index contributed by atoms with van der Waals surface area (Å²) in [5.41, 5.74) is 2.01. The van der Waals surface area contributed by atoms with Crippen molar-refractivity contribution in [2.75, 3.05) is 13.1 Å². The van der Waals surface area contributed by atoms with Crippen LogP contribution < -0.4 is 5.32 Å². The average molecular weight is 310 g/mol. The van der Waals surface area contributed by atoms with Crippen molar-refractivity contribution < 1.29 is 0 Å². The molecule has 0 unspecified atom stereocenters. The number of rotatable bonds is 3. The highest BCUT2D eigenvalue weighted by atomic mass is 35.5. The minimum absolute atomic E-state index is 0.568. The number of hydrogen-bond acceptors (Lipinski definition) is 2. The van der Waals surface area contributed by atoms with Gasteiger partial charge in [0.1, 0.15) is 5.82 Å². The van der Waals surface area contributed by atoms with Crippen molar-refractivity contribution in [3.05, 3.63) is 40.3 Å². The lowest BCUT2D eigenvalue weighted by Crippen LogP contribution is -2.28. The fourth-order valence-corrected chi connectivity index (χ4v) is 2.93. The van der Waals surface area contributed by atoms with Gasteiger partial charge < -0.3 is 10.3 Å². The molecule has 0 bridgehead atoms. The van der Waals surface area contributed by atoms with Crippen molar-refractivity contribution in [2.24, 2.45) is 5.92 Å². The van der Waals surface area contributed by atoms with Crippen LogP contribution in [0.25, 0.3) is 11.3 Å². The first-order valence-corrected chi connectivity index (χ1v) is 7.68. The molecule has 20 heavy (non-hydrogen) atoms. The van der Waals surface area contributed by atoms with Crippen molar-refractivity contribution in [1.29, 1.82) is 0 Å². The van der Waals surface area contributed by atoms with Crippen LogP contribution >= 0.6 is 23.2 Å². The molecule has 5 heteroatoms. The van der Waals surface area contributed by atoms with E-state index in [0.717, 1.165) is 42.5 Å². The molecule has 106 valence electrons. The molecule has 1 fully saturated rings. The lowest BCUT2D eigenvalue weighted by Gasteiger charge is -2.21. The van der Waals surface area contributed by atoms with Crippen molar-refractivity contribution in [3.8, 4) is 11.3 Å². The molecule has 1 aromatic carbocycles. The van der Waals surface area contributed by atoms with Crippen LogP contribution in [0.1, 0.15) is 18.7 Å². The molecule has 0 saturated carbocycles. The average Bonchev–Trinajstić information content (AvgIpc) is 2.91. The van der Waals surface area contributed by atoms with E-state index in [9.17, 15) is 0 Å². The van der Waals surface area contributed by atoms with Gasteiger partial charge in [0.05, 0.1) is 21.9 Å². The van der Waals surface area contributed by atoms with Gasteiger partial charge in [-0.05, 0) is 44.0 Å². The Morgan fingerprint density at radius 2 is 1.95 bits per heavy atom. The summed E-state index contributed by atoms with van der Waals surface area (Å²) < 4.78 is 0. The van der Waals surface area contributed by atoms with Gasteiger partial charge in [0.2, 0.25) is 0 Å². The number of halogens is 2. The third kappa shape index (κ3) is 3.17. The van der Waals surface area contributed by atoms with Gasteiger partial charge in [-0.25, -0.2) is 4.98 Å². The molecule has 3 rings (SSSR count). The summed E-state index contributed by atoms with van der Waals surface area (Å²) in [5.74, 6) is 1.78. The van der Waals surface area contributed by atoms with Gasteiger partial charge in [0, 0.05) is 12.0 Å². The predicted octanol–water partition coefficient (Wildman–Crippen LogP) is 3.93. The second-order valence-corrected chi connectivity index (χ2v) is 6.08. The fraction of sp³-hybridized carbons (Fsp3) is 0.400. The van der Waals surface area contributed by atoms with E-state index >= 15 is 0 Å². The van der Waals surface area contributed by atoms with Gasteiger partial charge in [-0.15, -0.1) is 0 Å². The van der Waals surface area contributed by atoms with Crippen LogP contribution in [0.3, 0.4) is 0 Å². The molecule has 3 nitrogen and oxygen atoms in total. The Labute approximate surface area is 128 Å². The van der Waals surface area contributed by atoms with Gasteiger partial charge in [-0.1, -0.05) is 29.3 Å². The van der Waals surface area contributed by atoms with Crippen molar-refractivity contribution >= 4 is 23.2 Å². The summed E-state index contributed by atoms with van der Waals surface area (Å²) in [7, 11) is 0. The topological polar surface area (TPSA) is 40.7 Å².